The largest absolute Gasteiger partial charge is 0.481 e. The van der Waals surface area contributed by atoms with Crippen molar-refractivity contribution in [1.29, 1.82) is 0 Å². The molecule has 0 unspecified atom stereocenters. The zero-order chi connectivity index (χ0) is 5.11. The second-order valence-corrected chi connectivity index (χ2v) is 1.29. The topological polar surface area (TPSA) is 21.6 Å². The van der Waals surface area contributed by atoms with Crippen LogP contribution in [0.15, 0.2) is 17.0 Å². The van der Waals surface area contributed by atoms with E-state index in [0.717, 1.165) is 12.3 Å². The maximum Gasteiger partial charge on any atom is 0.208 e. The van der Waals surface area contributed by atoms with Gasteiger partial charge in [-0.1, -0.05) is 0 Å². The molecule has 0 aromatic carbocycles. The Morgan fingerprint density at radius 2 is 2.71 bits per heavy atom. The molecular weight excluding hydrogens is 90.1 g/mol. The monoisotopic (exact) mass is 97.1 g/mol. The van der Waals surface area contributed by atoms with Gasteiger partial charge in [0.2, 0.25) is 5.88 Å². The molecule has 0 fully saturated rings. The first-order chi connectivity index (χ1) is 3.43. The molecule has 0 N–H and O–H groups in total. The molecule has 0 aliphatic carbocycles. The van der Waals surface area contributed by atoms with Crippen molar-refractivity contribution in [3.8, 4) is 0 Å². The lowest BCUT2D eigenvalue weighted by atomic mass is 10.5. The van der Waals surface area contributed by atoms with Gasteiger partial charge < -0.3 is 4.74 Å². The standard InChI is InChI=1S/C5H7NO/c1-7-5-3-2-4-6-5/h3-4H,2H2,1H3. The summed E-state index contributed by atoms with van der Waals surface area (Å²) in [7, 11) is 1.62. The zero-order valence-corrected chi connectivity index (χ0v) is 4.22. The van der Waals surface area contributed by atoms with Crippen molar-refractivity contribution in [2.24, 2.45) is 4.99 Å². The minimum atomic E-state index is 0.736. The number of methoxy groups -OCH3 is 1. The first-order valence-corrected chi connectivity index (χ1v) is 2.20. The van der Waals surface area contributed by atoms with Gasteiger partial charge in [0, 0.05) is 12.6 Å². The number of hydrogen-bond donors (Lipinski definition) is 0. The molecule has 1 aliphatic heterocycles. The van der Waals surface area contributed by atoms with E-state index in [1.165, 1.54) is 0 Å². The van der Waals surface area contributed by atoms with Gasteiger partial charge in [-0.25, -0.2) is 4.99 Å². The highest BCUT2D eigenvalue weighted by atomic mass is 16.5. The summed E-state index contributed by atoms with van der Waals surface area (Å²) in [6, 6.07) is 0. The molecule has 1 heterocycles. The molecule has 2 heteroatoms. The van der Waals surface area contributed by atoms with Gasteiger partial charge in [-0.3, -0.25) is 0 Å². The van der Waals surface area contributed by atoms with Crippen LogP contribution in [-0.2, 0) is 4.74 Å². The fourth-order valence-electron chi connectivity index (χ4n) is 0.485. The maximum atomic E-state index is 4.77. The fourth-order valence-corrected chi connectivity index (χ4v) is 0.485. The van der Waals surface area contributed by atoms with Crippen LogP contribution in [0.1, 0.15) is 6.42 Å². The van der Waals surface area contributed by atoms with Gasteiger partial charge in [0.15, 0.2) is 0 Å². The normalized spacial score (nSPS) is 17.0. The van der Waals surface area contributed by atoms with Gasteiger partial charge >= 0.3 is 0 Å². The van der Waals surface area contributed by atoms with Crippen LogP contribution in [0.3, 0.4) is 0 Å². The predicted octanol–water partition coefficient (Wildman–Crippen LogP) is 0.949. The Morgan fingerprint density at radius 3 is 3.00 bits per heavy atom. The van der Waals surface area contributed by atoms with Crippen LogP contribution in [0.25, 0.3) is 0 Å². The van der Waals surface area contributed by atoms with Gasteiger partial charge in [0.05, 0.1) is 7.11 Å². The third kappa shape index (κ3) is 0.796. The lowest BCUT2D eigenvalue weighted by Gasteiger charge is -1.89. The first kappa shape index (κ1) is 4.37. The summed E-state index contributed by atoms with van der Waals surface area (Å²) < 4.78 is 4.77. The van der Waals surface area contributed by atoms with E-state index in [-0.39, 0.29) is 0 Å². The summed E-state index contributed by atoms with van der Waals surface area (Å²) in [4.78, 5) is 3.87. The molecule has 2 nitrogen and oxygen atoms in total. The van der Waals surface area contributed by atoms with Gasteiger partial charge in [-0.15, -0.1) is 0 Å². The van der Waals surface area contributed by atoms with E-state index in [1.807, 2.05) is 12.3 Å². The highest BCUT2D eigenvalue weighted by molar-refractivity contribution is 5.63. The van der Waals surface area contributed by atoms with Crippen LogP contribution < -0.4 is 0 Å². The Hall–Kier alpha value is -0.790. The molecule has 0 radical (unpaired) electrons. The number of rotatable bonds is 1. The predicted molar refractivity (Wildman–Crippen MR) is 28.2 cm³/mol. The van der Waals surface area contributed by atoms with Gasteiger partial charge in [-0.05, 0) is 6.08 Å². The Labute approximate surface area is 42.5 Å². The molecular formula is C5H7NO. The van der Waals surface area contributed by atoms with Gasteiger partial charge in [0.25, 0.3) is 0 Å². The van der Waals surface area contributed by atoms with Crippen LogP contribution >= 0.6 is 0 Å². The molecule has 0 spiro atoms. The summed E-state index contributed by atoms with van der Waals surface area (Å²) in [6.07, 6.45) is 4.67. The Morgan fingerprint density at radius 1 is 1.86 bits per heavy atom. The Kier molecular flexibility index (Phi) is 1.11. The van der Waals surface area contributed by atoms with Crippen LogP contribution in [0.2, 0.25) is 0 Å². The van der Waals surface area contributed by atoms with Crippen molar-refractivity contribution in [3.63, 3.8) is 0 Å². The van der Waals surface area contributed by atoms with E-state index < -0.39 is 0 Å². The average Bonchev–Trinajstić information content (AvgIpc) is 2.14. The smallest absolute Gasteiger partial charge is 0.208 e. The lowest BCUT2D eigenvalue weighted by molar-refractivity contribution is 0.290. The second kappa shape index (κ2) is 1.78. The number of nitrogens with zero attached hydrogens (tertiary/aromatic N) is 1. The minimum Gasteiger partial charge on any atom is -0.481 e. The first-order valence-electron chi connectivity index (χ1n) is 2.20. The molecule has 0 saturated carbocycles. The second-order valence-electron chi connectivity index (χ2n) is 1.29. The fraction of sp³-hybridized carbons (Fsp3) is 0.400. The van der Waals surface area contributed by atoms with E-state index in [1.54, 1.807) is 7.11 Å². The van der Waals surface area contributed by atoms with Crippen molar-refractivity contribution in [1.82, 2.24) is 0 Å². The van der Waals surface area contributed by atoms with Crippen molar-refractivity contribution in [3.05, 3.63) is 12.0 Å². The molecule has 0 atom stereocenters. The van der Waals surface area contributed by atoms with Crippen LogP contribution in [0.5, 0.6) is 0 Å². The number of allylic oxidation sites excluding steroid dienone is 1. The lowest BCUT2D eigenvalue weighted by Crippen LogP contribution is -1.74. The van der Waals surface area contributed by atoms with Crippen LogP contribution in [-0.4, -0.2) is 13.3 Å². The van der Waals surface area contributed by atoms with Gasteiger partial charge in [0.1, 0.15) is 0 Å². The zero-order valence-electron chi connectivity index (χ0n) is 4.22. The molecule has 0 saturated heterocycles. The summed E-state index contributed by atoms with van der Waals surface area (Å²) in [5, 5.41) is 0. The Balaban J connectivity index is 2.52. The minimum absolute atomic E-state index is 0.736. The van der Waals surface area contributed by atoms with E-state index >= 15 is 0 Å². The molecule has 1 rings (SSSR count). The third-order valence-corrected chi connectivity index (χ3v) is 0.826. The number of aliphatic imine (C=N–C) groups is 1. The summed E-state index contributed by atoms with van der Waals surface area (Å²) in [5.41, 5.74) is 0. The highest BCUT2D eigenvalue weighted by Gasteiger charge is 1.93. The molecule has 0 bridgehead atoms. The van der Waals surface area contributed by atoms with E-state index in [9.17, 15) is 0 Å². The van der Waals surface area contributed by atoms with Crippen molar-refractivity contribution in [2.45, 2.75) is 6.42 Å². The van der Waals surface area contributed by atoms with E-state index in [2.05, 4.69) is 4.99 Å². The number of ether oxygens (including phenoxy) is 1. The summed E-state index contributed by atoms with van der Waals surface area (Å²) in [6.45, 7) is 0. The summed E-state index contributed by atoms with van der Waals surface area (Å²) in [5.74, 6) is 0.736. The maximum absolute atomic E-state index is 4.77. The molecule has 0 aromatic heterocycles. The molecule has 0 amide bonds. The van der Waals surface area contributed by atoms with E-state index in [4.69, 9.17) is 4.74 Å². The summed E-state index contributed by atoms with van der Waals surface area (Å²) >= 11 is 0. The highest BCUT2D eigenvalue weighted by Crippen LogP contribution is 2.03. The van der Waals surface area contributed by atoms with Crippen LogP contribution in [0, 0.1) is 0 Å². The molecule has 38 valence electrons. The van der Waals surface area contributed by atoms with Crippen molar-refractivity contribution in [2.75, 3.05) is 7.11 Å². The number of hydrogen-bond acceptors (Lipinski definition) is 2. The third-order valence-electron chi connectivity index (χ3n) is 0.826. The van der Waals surface area contributed by atoms with Gasteiger partial charge in [-0.2, -0.15) is 0 Å². The van der Waals surface area contributed by atoms with Crippen LogP contribution in [0.4, 0.5) is 0 Å². The van der Waals surface area contributed by atoms with Crippen molar-refractivity contribution >= 4 is 6.21 Å². The molecule has 0 aromatic rings. The average molecular weight is 97.1 g/mol. The Bertz CT molecular complexity index is 115. The molecule has 7 heavy (non-hydrogen) atoms. The quantitative estimate of drug-likeness (QED) is 0.477. The SMILES string of the molecule is COC1=CCC=N1. The van der Waals surface area contributed by atoms with Crippen molar-refractivity contribution < 1.29 is 4.74 Å². The molecule has 1 aliphatic rings. The van der Waals surface area contributed by atoms with E-state index in [0.29, 0.717) is 0 Å².